The number of nitrogens with one attached hydrogen (secondary N) is 1. The van der Waals surface area contributed by atoms with Crippen molar-refractivity contribution >= 4 is 5.65 Å². The van der Waals surface area contributed by atoms with Crippen LogP contribution in [-0.4, -0.2) is 22.6 Å². The molecule has 3 aromatic rings. The van der Waals surface area contributed by atoms with Crippen LogP contribution in [0.25, 0.3) is 5.65 Å². The fourth-order valence-electron chi connectivity index (χ4n) is 3.01. The van der Waals surface area contributed by atoms with E-state index in [4.69, 9.17) is 14.5 Å². The molecule has 0 fully saturated rings. The molecule has 0 saturated carbocycles. The van der Waals surface area contributed by atoms with Gasteiger partial charge in [-0.05, 0) is 24.6 Å². The Kier molecular flexibility index (Phi) is 4.09. The average Bonchev–Trinajstić information content (AvgIpc) is 2.85. The Hall–Kier alpha value is -2.53. The largest absolute Gasteiger partial charge is 0.490 e. The highest BCUT2D eigenvalue weighted by atomic mass is 16.5. The van der Waals surface area contributed by atoms with Gasteiger partial charge in [0.2, 0.25) is 0 Å². The Bertz CT molecular complexity index is 857. The van der Waals surface area contributed by atoms with Crippen LogP contribution >= 0.6 is 0 Å². The van der Waals surface area contributed by atoms with Crippen LogP contribution in [0.2, 0.25) is 0 Å². The van der Waals surface area contributed by atoms with Gasteiger partial charge in [-0.1, -0.05) is 18.2 Å². The van der Waals surface area contributed by atoms with Crippen LogP contribution in [0.3, 0.4) is 0 Å². The predicted molar refractivity (Wildman–Crippen MR) is 92.5 cm³/mol. The van der Waals surface area contributed by atoms with Crippen LogP contribution in [0.4, 0.5) is 0 Å². The van der Waals surface area contributed by atoms with Crippen molar-refractivity contribution in [3.63, 3.8) is 0 Å². The van der Waals surface area contributed by atoms with E-state index in [1.807, 2.05) is 24.4 Å². The lowest BCUT2D eigenvalue weighted by Crippen LogP contribution is -2.14. The van der Waals surface area contributed by atoms with Gasteiger partial charge in [0.05, 0.1) is 18.9 Å². The smallest absolute Gasteiger partial charge is 0.165 e. The highest BCUT2D eigenvalue weighted by Gasteiger charge is 2.14. The molecule has 0 spiro atoms. The highest BCUT2D eigenvalue weighted by Crippen LogP contribution is 2.33. The van der Waals surface area contributed by atoms with E-state index in [9.17, 15) is 0 Å². The Morgan fingerprint density at radius 2 is 2.04 bits per heavy atom. The number of ether oxygens (including phenoxy) is 2. The first kappa shape index (κ1) is 15.0. The minimum absolute atomic E-state index is 0.704. The molecule has 0 radical (unpaired) electrons. The highest BCUT2D eigenvalue weighted by molar-refractivity contribution is 5.48. The van der Waals surface area contributed by atoms with Gasteiger partial charge < -0.3 is 19.2 Å². The molecule has 0 amide bonds. The van der Waals surface area contributed by atoms with Crippen LogP contribution < -0.4 is 14.8 Å². The first-order valence-electron chi connectivity index (χ1n) is 8.33. The van der Waals surface area contributed by atoms with Crippen molar-refractivity contribution in [2.45, 2.75) is 26.4 Å². The maximum Gasteiger partial charge on any atom is 0.165 e. The van der Waals surface area contributed by atoms with E-state index < -0.39 is 0 Å². The monoisotopic (exact) mass is 323 g/mol. The molecule has 1 aromatic carbocycles. The number of rotatable bonds is 4. The minimum atomic E-state index is 0.704. The van der Waals surface area contributed by atoms with Gasteiger partial charge in [0.1, 0.15) is 5.65 Å². The third-order valence-corrected chi connectivity index (χ3v) is 4.20. The number of imidazole rings is 1. The number of hydrogen-bond acceptors (Lipinski definition) is 4. The van der Waals surface area contributed by atoms with Crippen molar-refractivity contribution in [1.82, 2.24) is 14.7 Å². The molecule has 0 saturated heterocycles. The number of aryl methyl sites for hydroxylation is 1. The summed E-state index contributed by atoms with van der Waals surface area (Å²) in [5.74, 6) is 1.71. The Balaban J connectivity index is 1.46. The zero-order valence-electron chi connectivity index (χ0n) is 13.8. The van der Waals surface area contributed by atoms with Gasteiger partial charge >= 0.3 is 0 Å². The molecule has 4 rings (SSSR count). The van der Waals surface area contributed by atoms with Gasteiger partial charge in [-0.25, -0.2) is 4.98 Å². The summed E-state index contributed by atoms with van der Waals surface area (Å²) in [5.41, 5.74) is 4.35. The molecule has 5 heteroatoms. The number of para-hydroxylation sites is 1. The molecular weight excluding hydrogens is 302 g/mol. The van der Waals surface area contributed by atoms with E-state index in [1.54, 1.807) is 0 Å². The molecule has 0 bridgehead atoms. The Morgan fingerprint density at radius 3 is 2.96 bits per heavy atom. The van der Waals surface area contributed by atoms with Gasteiger partial charge in [0, 0.05) is 37.5 Å². The number of benzene rings is 1. The van der Waals surface area contributed by atoms with Gasteiger partial charge in [-0.2, -0.15) is 0 Å². The summed E-state index contributed by atoms with van der Waals surface area (Å²) in [6.07, 6.45) is 5.02. The van der Waals surface area contributed by atoms with E-state index >= 15 is 0 Å². The molecule has 1 aliphatic heterocycles. The van der Waals surface area contributed by atoms with Crippen molar-refractivity contribution < 1.29 is 9.47 Å². The van der Waals surface area contributed by atoms with E-state index in [0.29, 0.717) is 19.8 Å². The molecule has 5 nitrogen and oxygen atoms in total. The molecule has 24 heavy (non-hydrogen) atoms. The number of fused-ring (bicyclic) bond motifs is 2. The normalized spacial score (nSPS) is 13.9. The summed E-state index contributed by atoms with van der Waals surface area (Å²) in [4.78, 5) is 4.69. The summed E-state index contributed by atoms with van der Waals surface area (Å²) >= 11 is 0. The van der Waals surface area contributed by atoms with E-state index in [2.05, 4.69) is 35.0 Å². The van der Waals surface area contributed by atoms with E-state index in [-0.39, 0.29) is 0 Å². The van der Waals surface area contributed by atoms with Crippen molar-refractivity contribution in [2.75, 3.05) is 13.2 Å². The molecule has 0 unspecified atom stereocenters. The molecule has 0 atom stereocenters. The maximum absolute atomic E-state index is 5.86. The molecular formula is C19H21N3O2. The Morgan fingerprint density at radius 1 is 1.12 bits per heavy atom. The van der Waals surface area contributed by atoms with Gasteiger partial charge in [0.15, 0.2) is 11.5 Å². The lowest BCUT2D eigenvalue weighted by Gasteiger charge is -2.12. The maximum atomic E-state index is 5.86. The second kappa shape index (κ2) is 6.53. The van der Waals surface area contributed by atoms with Crippen LogP contribution in [0.15, 0.2) is 42.7 Å². The number of hydrogen-bond donors (Lipinski definition) is 1. The third kappa shape index (κ3) is 2.95. The second-order valence-electron chi connectivity index (χ2n) is 6.05. The van der Waals surface area contributed by atoms with Crippen molar-refractivity contribution in [3.8, 4) is 11.5 Å². The van der Waals surface area contributed by atoms with Crippen molar-refractivity contribution in [2.24, 2.45) is 0 Å². The number of nitrogens with zero attached hydrogens (tertiary/aromatic N) is 2. The second-order valence-corrected chi connectivity index (χ2v) is 6.05. The predicted octanol–water partition coefficient (Wildman–Crippen LogP) is 3.09. The molecule has 2 aromatic heterocycles. The molecule has 3 heterocycles. The van der Waals surface area contributed by atoms with Crippen LogP contribution in [0.5, 0.6) is 11.5 Å². The SMILES string of the molecule is Cc1cccn2cc(CNCc3cccc4c3OCCCO4)nc12. The summed E-state index contributed by atoms with van der Waals surface area (Å²) < 4.78 is 13.7. The number of pyridine rings is 1. The van der Waals surface area contributed by atoms with Gasteiger partial charge in [-0.15, -0.1) is 0 Å². The fraction of sp³-hybridized carbons (Fsp3) is 0.316. The van der Waals surface area contributed by atoms with E-state index in [0.717, 1.165) is 41.4 Å². The minimum Gasteiger partial charge on any atom is -0.490 e. The molecule has 1 aliphatic rings. The zero-order chi connectivity index (χ0) is 16.4. The lowest BCUT2D eigenvalue weighted by molar-refractivity contribution is 0.296. The first-order valence-corrected chi connectivity index (χ1v) is 8.33. The van der Waals surface area contributed by atoms with Crippen molar-refractivity contribution in [3.05, 3.63) is 59.5 Å². The Labute approximate surface area is 141 Å². The fourth-order valence-corrected chi connectivity index (χ4v) is 3.01. The summed E-state index contributed by atoms with van der Waals surface area (Å²) in [7, 11) is 0. The molecule has 124 valence electrons. The summed E-state index contributed by atoms with van der Waals surface area (Å²) in [6, 6.07) is 10.2. The van der Waals surface area contributed by atoms with Crippen molar-refractivity contribution in [1.29, 1.82) is 0 Å². The molecule has 0 aliphatic carbocycles. The quantitative estimate of drug-likeness (QED) is 0.801. The van der Waals surface area contributed by atoms with Crippen LogP contribution in [-0.2, 0) is 13.1 Å². The van der Waals surface area contributed by atoms with E-state index in [1.165, 1.54) is 5.56 Å². The summed E-state index contributed by atoms with van der Waals surface area (Å²) in [6.45, 7) is 4.93. The van der Waals surface area contributed by atoms with Crippen LogP contribution in [0, 0.1) is 6.92 Å². The third-order valence-electron chi connectivity index (χ3n) is 4.20. The average molecular weight is 323 g/mol. The number of aromatic nitrogens is 2. The lowest BCUT2D eigenvalue weighted by atomic mass is 10.2. The first-order chi connectivity index (χ1) is 11.8. The van der Waals surface area contributed by atoms with Gasteiger partial charge in [0.25, 0.3) is 0 Å². The van der Waals surface area contributed by atoms with Gasteiger partial charge in [-0.3, -0.25) is 0 Å². The zero-order valence-corrected chi connectivity index (χ0v) is 13.8. The topological polar surface area (TPSA) is 47.8 Å². The molecule has 1 N–H and O–H groups in total. The summed E-state index contributed by atoms with van der Waals surface area (Å²) in [5, 5.41) is 3.46. The van der Waals surface area contributed by atoms with Crippen LogP contribution in [0.1, 0.15) is 23.2 Å². The standard InChI is InChI=1S/C19H21N3O2/c1-14-5-3-8-22-13-16(21-19(14)22)12-20-11-15-6-2-7-17-18(15)24-10-4-9-23-17/h2-3,5-8,13,20H,4,9-12H2,1H3.